The molecule has 1 aliphatic carbocycles. The highest BCUT2D eigenvalue weighted by Crippen LogP contribution is 2.48. The Hall–Kier alpha value is -1.80. The van der Waals surface area contributed by atoms with Crippen molar-refractivity contribution in [3.63, 3.8) is 0 Å². The van der Waals surface area contributed by atoms with E-state index < -0.39 is 0 Å². The van der Waals surface area contributed by atoms with E-state index >= 15 is 0 Å². The van der Waals surface area contributed by atoms with Gasteiger partial charge in [-0.3, -0.25) is 0 Å². The van der Waals surface area contributed by atoms with E-state index in [1.165, 1.54) is 29.7 Å². The Morgan fingerprint density at radius 1 is 1.12 bits per heavy atom. The number of benzene rings is 2. The van der Waals surface area contributed by atoms with E-state index in [9.17, 15) is 0 Å². The fourth-order valence-corrected chi connectivity index (χ4v) is 5.08. The Kier molecular flexibility index (Phi) is 4.09. The topological polar surface area (TPSA) is 12.5 Å². The van der Waals surface area contributed by atoms with E-state index in [0.29, 0.717) is 12.0 Å². The molecule has 1 unspecified atom stereocenters. The Morgan fingerprint density at radius 3 is 2.67 bits per heavy atom. The average Bonchev–Trinajstić information content (AvgIpc) is 2.92. The van der Waals surface area contributed by atoms with Gasteiger partial charge in [0.1, 0.15) is 5.75 Å². The van der Waals surface area contributed by atoms with Crippen molar-refractivity contribution >= 4 is 0 Å². The second kappa shape index (κ2) is 6.25. The van der Waals surface area contributed by atoms with E-state index in [0.717, 1.165) is 24.5 Å². The number of aryl methyl sites for hydroxylation is 1. The lowest BCUT2D eigenvalue weighted by molar-refractivity contribution is 0.258. The third-order valence-electron chi connectivity index (χ3n) is 6.20. The minimum Gasteiger partial charge on any atom is -0.496 e. The molecule has 0 bridgehead atoms. The molecule has 1 aliphatic heterocycles. The summed E-state index contributed by atoms with van der Waals surface area (Å²) in [4.78, 5) is 2.59. The van der Waals surface area contributed by atoms with Gasteiger partial charge in [-0.25, -0.2) is 0 Å². The van der Waals surface area contributed by atoms with Crippen LogP contribution in [0.3, 0.4) is 0 Å². The lowest BCUT2D eigenvalue weighted by atomic mass is 9.72. The molecule has 1 saturated heterocycles. The maximum atomic E-state index is 5.65. The van der Waals surface area contributed by atoms with Crippen LogP contribution in [-0.2, 0) is 12.8 Å². The fraction of sp³-hybridized carbons (Fsp3) is 0.455. The lowest BCUT2D eigenvalue weighted by Crippen LogP contribution is -2.32. The van der Waals surface area contributed by atoms with Gasteiger partial charge in [0.2, 0.25) is 0 Å². The highest BCUT2D eigenvalue weighted by atomic mass is 16.5. The summed E-state index contributed by atoms with van der Waals surface area (Å²) in [5.41, 5.74) is 5.94. The Labute approximate surface area is 145 Å². The van der Waals surface area contributed by atoms with Crippen LogP contribution in [-0.4, -0.2) is 31.6 Å². The van der Waals surface area contributed by atoms with Crippen molar-refractivity contribution < 1.29 is 4.74 Å². The predicted molar refractivity (Wildman–Crippen MR) is 98.8 cm³/mol. The first-order valence-corrected chi connectivity index (χ1v) is 9.09. The monoisotopic (exact) mass is 321 g/mol. The Bertz CT molecular complexity index is 724. The number of methoxy groups -OCH3 is 1. The van der Waals surface area contributed by atoms with Crippen LogP contribution < -0.4 is 4.74 Å². The first kappa shape index (κ1) is 15.7. The van der Waals surface area contributed by atoms with Gasteiger partial charge in [-0.1, -0.05) is 36.4 Å². The number of rotatable bonds is 3. The zero-order valence-electron chi connectivity index (χ0n) is 15.0. The summed E-state index contributed by atoms with van der Waals surface area (Å²) in [6.07, 6.45) is 3.59. The van der Waals surface area contributed by atoms with E-state index in [2.05, 4.69) is 61.3 Å². The number of hydrogen-bond donors (Lipinski definition) is 0. The molecule has 126 valence electrons. The molecule has 1 heterocycles. The van der Waals surface area contributed by atoms with Crippen molar-refractivity contribution in [2.24, 2.45) is 5.92 Å². The maximum absolute atomic E-state index is 5.65. The van der Waals surface area contributed by atoms with Crippen LogP contribution in [0.1, 0.15) is 34.6 Å². The molecular formula is C22H27NO. The summed E-state index contributed by atoms with van der Waals surface area (Å²) in [7, 11) is 4.11. The minimum atomic E-state index is 0.649. The van der Waals surface area contributed by atoms with Gasteiger partial charge in [-0.15, -0.1) is 0 Å². The summed E-state index contributed by atoms with van der Waals surface area (Å²) in [6, 6.07) is 16.0. The highest BCUT2D eigenvalue weighted by Gasteiger charge is 2.44. The Morgan fingerprint density at radius 2 is 1.92 bits per heavy atom. The van der Waals surface area contributed by atoms with E-state index in [1.807, 2.05) is 0 Å². The van der Waals surface area contributed by atoms with E-state index in [4.69, 9.17) is 4.74 Å². The molecule has 0 N–H and O–H groups in total. The van der Waals surface area contributed by atoms with E-state index in [1.54, 1.807) is 12.7 Å². The van der Waals surface area contributed by atoms with Gasteiger partial charge in [-0.2, -0.15) is 0 Å². The van der Waals surface area contributed by atoms with Crippen molar-refractivity contribution in [2.75, 3.05) is 20.7 Å². The lowest BCUT2D eigenvalue weighted by Gasteiger charge is -2.33. The maximum Gasteiger partial charge on any atom is 0.122 e. The smallest absolute Gasteiger partial charge is 0.122 e. The molecule has 0 saturated carbocycles. The third-order valence-corrected chi connectivity index (χ3v) is 6.20. The summed E-state index contributed by atoms with van der Waals surface area (Å²) in [6.45, 7) is 3.44. The highest BCUT2D eigenvalue weighted by molar-refractivity contribution is 5.49. The molecule has 4 rings (SSSR count). The van der Waals surface area contributed by atoms with E-state index in [-0.39, 0.29) is 0 Å². The molecule has 3 atom stereocenters. The number of likely N-dealkylation sites (tertiary alicyclic amines) is 1. The van der Waals surface area contributed by atoms with Crippen LogP contribution in [0.25, 0.3) is 0 Å². The van der Waals surface area contributed by atoms with Crippen molar-refractivity contribution in [2.45, 2.75) is 38.1 Å². The second-order valence-corrected chi connectivity index (χ2v) is 7.48. The van der Waals surface area contributed by atoms with Gasteiger partial charge in [-0.05, 0) is 67.5 Å². The number of hydrogen-bond acceptors (Lipinski definition) is 2. The summed E-state index contributed by atoms with van der Waals surface area (Å²) in [5, 5.41) is 0. The summed E-state index contributed by atoms with van der Waals surface area (Å²) >= 11 is 0. The third kappa shape index (κ3) is 2.53. The van der Waals surface area contributed by atoms with Crippen LogP contribution in [0.5, 0.6) is 5.75 Å². The van der Waals surface area contributed by atoms with Crippen LogP contribution in [0.15, 0.2) is 42.5 Å². The molecule has 24 heavy (non-hydrogen) atoms. The standard InChI is InChI=1S/C22H27NO/c1-15-9-12-21(24-3)18-11-10-17-19(22(15)18)14-23(2)20(17)13-16-7-5-4-6-8-16/h4-9,12,17,19-20H,10-11,13-14H2,1-3H3/t17?,19-,20+/m0/s1. The molecule has 1 fully saturated rings. The molecule has 2 aromatic rings. The second-order valence-electron chi connectivity index (χ2n) is 7.48. The minimum absolute atomic E-state index is 0.649. The van der Waals surface area contributed by atoms with Crippen LogP contribution in [0.2, 0.25) is 0 Å². The molecule has 2 aliphatic rings. The van der Waals surface area contributed by atoms with Crippen LogP contribution in [0, 0.1) is 12.8 Å². The van der Waals surface area contributed by atoms with Crippen LogP contribution >= 0.6 is 0 Å². The zero-order valence-corrected chi connectivity index (χ0v) is 15.0. The van der Waals surface area contributed by atoms with Gasteiger partial charge < -0.3 is 9.64 Å². The predicted octanol–water partition coefficient (Wildman–Crippen LogP) is 4.21. The summed E-state index contributed by atoms with van der Waals surface area (Å²) < 4.78 is 5.65. The van der Waals surface area contributed by atoms with Gasteiger partial charge >= 0.3 is 0 Å². The Balaban J connectivity index is 1.67. The normalized spacial score (nSPS) is 26.0. The first-order chi connectivity index (χ1) is 11.7. The zero-order chi connectivity index (χ0) is 16.7. The van der Waals surface area contributed by atoms with Crippen molar-refractivity contribution in [3.05, 3.63) is 64.7 Å². The van der Waals surface area contributed by atoms with Gasteiger partial charge in [0.15, 0.2) is 0 Å². The molecule has 0 spiro atoms. The molecule has 0 aromatic heterocycles. The average molecular weight is 321 g/mol. The number of fused-ring (bicyclic) bond motifs is 3. The van der Waals surface area contributed by atoms with Gasteiger partial charge in [0.25, 0.3) is 0 Å². The number of ether oxygens (including phenoxy) is 1. The number of nitrogens with zero attached hydrogens (tertiary/aromatic N) is 1. The first-order valence-electron chi connectivity index (χ1n) is 9.09. The molecule has 2 nitrogen and oxygen atoms in total. The molecule has 0 radical (unpaired) electrons. The number of likely N-dealkylation sites (N-methyl/N-ethyl adjacent to an activating group) is 1. The van der Waals surface area contributed by atoms with Gasteiger partial charge in [0.05, 0.1) is 7.11 Å². The van der Waals surface area contributed by atoms with Crippen molar-refractivity contribution in [1.82, 2.24) is 4.90 Å². The molecule has 0 amide bonds. The fourth-order valence-electron chi connectivity index (χ4n) is 5.08. The van der Waals surface area contributed by atoms with Crippen LogP contribution in [0.4, 0.5) is 0 Å². The largest absolute Gasteiger partial charge is 0.496 e. The van der Waals surface area contributed by atoms with Gasteiger partial charge in [0, 0.05) is 18.5 Å². The SMILES string of the molecule is COc1ccc(C)c2c1CCC1[C@@H]2CN(C)[C@@H]1Cc1ccccc1. The molecular weight excluding hydrogens is 294 g/mol. The molecule has 2 aromatic carbocycles. The van der Waals surface area contributed by atoms with Crippen molar-refractivity contribution in [3.8, 4) is 5.75 Å². The summed E-state index contributed by atoms with van der Waals surface area (Å²) in [5.74, 6) is 2.50. The van der Waals surface area contributed by atoms with Crippen molar-refractivity contribution in [1.29, 1.82) is 0 Å². The molecule has 2 heteroatoms. The quantitative estimate of drug-likeness (QED) is 0.840.